The van der Waals surface area contributed by atoms with E-state index in [-0.39, 0.29) is 5.92 Å². The van der Waals surface area contributed by atoms with E-state index >= 15 is 0 Å². The van der Waals surface area contributed by atoms with Crippen LogP contribution in [0, 0.1) is 5.92 Å². The van der Waals surface area contributed by atoms with Gasteiger partial charge in [0.05, 0.1) is 0 Å². The van der Waals surface area contributed by atoms with E-state index in [4.69, 9.17) is 5.11 Å². The Morgan fingerprint density at radius 3 is 2.38 bits per heavy atom. The molecule has 1 N–H and O–H groups in total. The lowest BCUT2D eigenvalue weighted by molar-refractivity contribution is -0.116. The van der Waals surface area contributed by atoms with Crippen molar-refractivity contribution in [1.29, 1.82) is 0 Å². The standard InChI is InChI=1S/C6H12O2/c1-3-5(2)6(8)4-7/h4-6,8H,3H2,1-2H3/t5?,6-/m1/s1. The summed E-state index contributed by atoms with van der Waals surface area (Å²) < 4.78 is 0. The Hall–Kier alpha value is -0.370. The van der Waals surface area contributed by atoms with E-state index < -0.39 is 6.10 Å². The molecule has 0 heterocycles. The van der Waals surface area contributed by atoms with Crippen LogP contribution in [0.5, 0.6) is 0 Å². The van der Waals surface area contributed by atoms with Crippen molar-refractivity contribution in [3.8, 4) is 0 Å². The van der Waals surface area contributed by atoms with Gasteiger partial charge < -0.3 is 9.90 Å². The van der Waals surface area contributed by atoms with Crippen molar-refractivity contribution in [2.75, 3.05) is 0 Å². The fraction of sp³-hybridized carbons (Fsp3) is 0.833. The molecule has 0 saturated heterocycles. The molecule has 2 atom stereocenters. The minimum Gasteiger partial charge on any atom is -0.385 e. The molecule has 0 fully saturated rings. The number of aliphatic hydroxyl groups is 1. The SMILES string of the molecule is CCC(C)[C@H](O)C=O. The zero-order chi connectivity index (χ0) is 6.57. The maximum Gasteiger partial charge on any atom is 0.148 e. The van der Waals surface area contributed by atoms with Crippen LogP contribution >= 0.6 is 0 Å². The molecule has 0 aromatic carbocycles. The summed E-state index contributed by atoms with van der Waals surface area (Å²) >= 11 is 0. The third-order valence-corrected chi connectivity index (χ3v) is 1.37. The topological polar surface area (TPSA) is 37.3 Å². The van der Waals surface area contributed by atoms with Gasteiger partial charge in [-0.25, -0.2) is 0 Å². The lowest BCUT2D eigenvalue weighted by Crippen LogP contribution is -2.17. The van der Waals surface area contributed by atoms with Gasteiger partial charge in [0.25, 0.3) is 0 Å². The van der Waals surface area contributed by atoms with E-state index in [1.165, 1.54) is 0 Å². The Balaban J connectivity index is 3.44. The molecular formula is C6H12O2. The zero-order valence-corrected chi connectivity index (χ0v) is 5.29. The Kier molecular flexibility index (Phi) is 3.44. The molecule has 0 rings (SSSR count). The number of carbonyl (C=O) groups excluding carboxylic acids is 1. The fourth-order valence-electron chi connectivity index (χ4n) is 0.376. The molecule has 1 unspecified atom stereocenters. The van der Waals surface area contributed by atoms with Gasteiger partial charge in [-0.05, 0) is 5.92 Å². The Morgan fingerprint density at radius 1 is 1.75 bits per heavy atom. The van der Waals surface area contributed by atoms with Crippen LogP contribution in [0.4, 0.5) is 0 Å². The van der Waals surface area contributed by atoms with Crippen LogP contribution in [0.1, 0.15) is 20.3 Å². The summed E-state index contributed by atoms with van der Waals surface area (Å²) in [6.45, 7) is 3.79. The number of aliphatic hydroxyl groups excluding tert-OH is 1. The molecule has 0 radical (unpaired) electrons. The van der Waals surface area contributed by atoms with Crippen molar-refractivity contribution in [1.82, 2.24) is 0 Å². The molecule has 0 aliphatic rings. The van der Waals surface area contributed by atoms with Crippen molar-refractivity contribution in [3.05, 3.63) is 0 Å². The highest BCUT2D eigenvalue weighted by Gasteiger charge is 2.08. The van der Waals surface area contributed by atoms with E-state index in [0.717, 1.165) is 6.42 Å². The fourth-order valence-corrected chi connectivity index (χ4v) is 0.376. The molecular weight excluding hydrogens is 104 g/mol. The first-order valence-electron chi connectivity index (χ1n) is 2.85. The highest BCUT2D eigenvalue weighted by molar-refractivity contribution is 5.55. The first-order valence-corrected chi connectivity index (χ1v) is 2.85. The molecule has 0 saturated carbocycles. The van der Waals surface area contributed by atoms with Crippen LogP contribution in [0.25, 0.3) is 0 Å². The average Bonchev–Trinajstić information content (AvgIpc) is 1.84. The molecule has 0 amide bonds. The van der Waals surface area contributed by atoms with Gasteiger partial charge in [0.2, 0.25) is 0 Å². The van der Waals surface area contributed by atoms with Gasteiger partial charge in [0.1, 0.15) is 12.4 Å². The number of hydrogen-bond acceptors (Lipinski definition) is 2. The van der Waals surface area contributed by atoms with E-state index in [9.17, 15) is 4.79 Å². The van der Waals surface area contributed by atoms with Gasteiger partial charge in [0.15, 0.2) is 0 Å². The molecule has 0 aromatic rings. The molecule has 0 aliphatic carbocycles. The maximum absolute atomic E-state index is 9.86. The summed E-state index contributed by atoms with van der Waals surface area (Å²) in [4.78, 5) is 9.86. The van der Waals surface area contributed by atoms with Gasteiger partial charge in [0, 0.05) is 0 Å². The molecule has 0 aliphatic heterocycles. The van der Waals surface area contributed by atoms with Crippen LogP contribution in [0.2, 0.25) is 0 Å². The van der Waals surface area contributed by atoms with Gasteiger partial charge in [-0.15, -0.1) is 0 Å². The molecule has 2 heteroatoms. The number of carbonyl (C=O) groups is 1. The Labute approximate surface area is 49.5 Å². The van der Waals surface area contributed by atoms with E-state index in [1.807, 2.05) is 13.8 Å². The molecule has 0 bridgehead atoms. The first-order chi connectivity index (χ1) is 3.72. The van der Waals surface area contributed by atoms with Gasteiger partial charge in [-0.3, -0.25) is 0 Å². The van der Waals surface area contributed by atoms with Crippen molar-refractivity contribution in [2.45, 2.75) is 26.4 Å². The monoisotopic (exact) mass is 116 g/mol. The molecule has 0 spiro atoms. The van der Waals surface area contributed by atoms with Crippen LogP contribution < -0.4 is 0 Å². The largest absolute Gasteiger partial charge is 0.385 e. The lowest BCUT2D eigenvalue weighted by atomic mass is 10.0. The van der Waals surface area contributed by atoms with Gasteiger partial charge in [-0.2, -0.15) is 0 Å². The molecule has 48 valence electrons. The smallest absolute Gasteiger partial charge is 0.148 e. The van der Waals surface area contributed by atoms with Crippen molar-refractivity contribution in [3.63, 3.8) is 0 Å². The van der Waals surface area contributed by atoms with Gasteiger partial charge in [-0.1, -0.05) is 20.3 Å². The van der Waals surface area contributed by atoms with Crippen molar-refractivity contribution in [2.24, 2.45) is 5.92 Å². The average molecular weight is 116 g/mol. The molecule has 0 aromatic heterocycles. The normalized spacial score (nSPS) is 17.4. The van der Waals surface area contributed by atoms with Crippen LogP contribution in [-0.4, -0.2) is 17.5 Å². The number of rotatable bonds is 3. The minimum absolute atomic E-state index is 0.104. The highest BCUT2D eigenvalue weighted by atomic mass is 16.3. The van der Waals surface area contributed by atoms with Crippen LogP contribution in [0.3, 0.4) is 0 Å². The first kappa shape index (κ1) is 7.63. The van der Waals surface area contributed by atoms with Crippen molar-refractivity contribution >= 4 is 6.29 Å². The Morgan fingerprint density at radius 2 is 2.25 bits per heavy atom. The van der Waals surface area contributed by atoms with Crippen LogP contribution in [0.15, 0.2) is 0 Å². The zero-order valence-electron chi connectivity index (χ0n) is 5.29. The quantitative estimate of drug-likeness (QED) is 0.548. The number of aldehydes is 1. The molecule has 2 nitrogen and oxygen atoms in total. The Bertz CT molecular complexity index is 70.9. The minimum atomic E-state index is -0.764. The lowest BCUT2D eigenvalue weighted by Gasteiger charge is -2.08. The summed E-state index contributed by atoms with van der Waals surface area (Å²) in [5.74, 6) is 0.104. The summed E-state index contributed by atoms with van der Waals surface area (Å²) in [6, 6.07) is 0. The second-order valence-electron chi connectivity index (χ2n) is 2.01. The molecule has 8 heavy (non-hydrogen) atoms. The van der Waals surface area contributed by atoms with Crippen LogP contribution in [-0.2, 0) is 4.79 Å². The highest BCUT2D eigenvalue weighted by Crippen LogP contribution is 2.03. The van der Waals surface area contributed by atoms with Gasteiger partial charge >= 0.3 is 0 Å². The predicted molar refractivity (Wildman–Crippen MR) is 31.5 cm³/mol. The number of hydrogen-bond donors (Lipinski definition) is 1. The second-order valence-corrected chi connectivity index (χ2v) is 2.01. The van der Waals surface area contributed by atoms with E-state index in [2.05, 4.69) is 0 Å². The summed E-state index contributed by atoms with van der Waals surface area (Å²) in [5, 5.41) is 8.76. The summed E-state index contributed by atoms with van der Waals surface area (Å²) in [5.41, 5.74) is 0. The third-order valence-electron chi connectivity index (χ3n) is 1.37. The summed E-state index contributed by atoms with van der Waals surface area (Å²) in [7, 11) is 0. The predicted octanol–water partition coefficient (Wildman–Crippen LogP) is 0.592. The summed E-state index contributed by atoms with van der Waals surface area (Å²) in [6.07, 6.45) is 0.661. The van der Waals surface area contributed by atoms with E-state index in [1.54, 1.807) is 0 Å². The van der Waals surface area contributed by atoms with E-state index in [0.29, 0.717) is 6.29 Å². The third kappa shape index (κ3) is 2.07. The maximum atomic E-state index is 9.86. The second kappa shape index (κ2) is 3.61. The van der Waals surface area contributed by atoms with Crippen molar-refractivity contribution < 1.29 is 9.90 Å².